The standard InChI is InChI=1S/C8H6N2.C3H4N2.C3H3NO/c1-2-4-8-7(3-1)9-5-6-10-8;2*1-2-5-3-4-1/h1-6H;1-3H,(H,4,5);1-3H. The van der Waals surface area contributed by atoms with Gasteiger partial charge >= 0.3 is 0 Å². The quantitative estimate of drug-likeness (QED) is 0.530. The zero-order chi connectivity index (χ0) is 13.9. The third-order valence-corrected chi connectivity index (χ3v) is 2.13. The number of hydrogen-bond acceptors (Lipinski definition) is 5. The van der Waals surface area contributed by atoms with Gasteiger partial charge in [-0.1, -0.05) is 12.1 Å². The molecule has 0 amide bonds. The Kier molecular flexibility index (Phi) is 5.46. The van der Waals surface area contributed by atoms with Crippen LogP contribution in [0.2, 0.25) is 0 Å². The Bertz CT molecular complexity index is 554. The third kappa shape index (κ3) is 4.69. The zero-order valence-electron chi connectivity index (χ0n) is 10.6. The van der Waals surface area contributed by atoms with Crippen LogP contribution in [0.3, 0.4) is 0 Å². The first-order chi connectivity index (χ1) is 9.97. The predicted octanol–water partition coefficient (Wildman–Crippen LogP) is 2.71. The first kappa shape index (κ1) is 13.4. The summed E-state index contributed by atoms with van der Waals surface area (Å²) in [5, 5.41) is 0. The summed E-state index contributed by atoms with van der Waals surface area (Å²) >= 11 is 0. The molecule has 0 bridgehead atoms. The fraction of sp³-hybridized carbons (Fsp3) is 0. The Morgan fingerprint density at radius 2 is 1.60 bits per heavy atom. The average molecular weight is 267 g/mol. The lowest BCUT2D eigenvalue weighted by molar-refractivity contribution is 0.558. The minimum atomic E-state index is 0.949. The van der Waals surface area contributed by atoms with E-state index < -0.39 is 0 Å². The maximum absolute atomic E-state index is 4.47. The summed E-state index contributed by atoms with van der Waals surface area (Å²) in [4.78, 5) is 18.2. The molecule has 0 atom stereocenters. The summed E-state index contributed by atoms with van der Waals surface area (Å²) in [6.07, 6.45) is 12.9. The summed E-state index contributed by atoms with van der Waals surface area (Å²) in [6.45, 7) is 0. The molecule has 0 aliphatic rings. The Morgan fingerprint density at radius 1 is 0.850 bits per heavy atom. The van der Waals surface area contributed by atoms with Gasteiger partial charge in [0.15, 0.2) is 6.39 Å². The van der Waals surface area contributed by atoms with Crippen molar-refractivity contribution in [1.82, 2.24) is 24.9 Å². The normalized spacial score (nSPS) is 9.00. The van der Waals surface area contributed by atoms with Crippen molar-refractivity contribution < 1.29 is 4.42 Å². The van der Waals surface area contributed by atoms with Crippen molar-refractivity contribution in [2.75, 3.05) is 0 Å². The van der Waals surface area contributed by atoms with Crippen LogP contribution in [0.4, 0.5) is 0 Å². The lowest BCUT2D eigenvalue weighted by Gasteiger charge is -1.90. The average Bonchev–Trinajstić information content (AvgIpc) is 3.25. The zero-order valence-corrected chi connectivity index (χ0v) is 10.6. The van der Waals surface area contributed by atoms with Crippen LogP contribution in [-0.2, 0) is 0 Å². The lowest BCUT2D eigenvalue weighted by Crippen LogP contribution is -1.78. The number of benzene rings is 1. The molecule has 3 heterocycles. The van der Waals surface area contributed by atoms with Gasteiger partial charge in [0, 0.05) is 24.8 Å². The Balaban J connectivity index is 0.000000124. The highest BCUT2D eigenvalue weighted by atomic mass is 16.3. The van der Waals surface area contributed by atoms with Gasteiger partial charge in [-0.25, -0.2) is 9.97 Å². The summed E-state index contributed by atoms with van der Waals surface area (Å²) in [7, 11) is 0. The second-order valence-corrected chi connectivity index (χ2v) is 3.48. The SMILES string of the molecule is c1c[nH]cn1.c1ccc2nccnc2c1.c1cocn1. The van der Waals surface area contributed by atoms with E-state index in [2.05, 4.69) is 29.3 Å². The number of oxazole rings is 1. The summed E-state index contributed by atoms with van der Waals surface area (Å²) in [5.74, 6) is 0. The second-order valence-electron chi connectivity index (χ2n) is 3.48. The predicted molar refractivity (Wildman–Crippen MR) is 74.6 cm³/mol. The topological polar surface area (TPSA) is 80.5 Å². The molecular weight excluding hydrogens is 254 g/mol. The summed E-state index contributed by atoms with van der Waals surface area (Å²) in [5.41, 5.74) is 1.90. The number of aromatic amines is 1. The summed E-state index contributed by atoms with van der Waals surface area (Å²) < 4.78 is 4.47. The van der Waals surface area contributed by atoms with E-state index in [1.165, 1.54) is 12.7 Å². The van der Waals surface area contributed by atoms with Gasteiger partial charge in [-0.05, 0) is 12.1 Å². The molecule has 4 aromatic rings. The number of aromatic nitrogens is 5. The highest BCUT2D eigenvalue weighted by molar-refractivity contribution is 5.72. The molecule has 1 aromatic carbocycles. The molecule has 100 valence electrons. The number of nitrogens with one attached hydrogen (secondary N) is 1. The lowest BCUT2D eigenvalue weighted by atomic mass is 10.3. The van der Waals surface area contributed by atoms with E-state index in [4.69, 9.17) is 0 Å². The van der Waals surface area contributed by atoms with E-state index >= 15 is 0 Å². The molecule has 20 heavy (non-hydrogen) atoms. The molecule has 0 saturated heterocycles. The van der Waals surface area contributed by atoms with Crippen molar-refractivity contribution >= 4 is 11.0 Å². The van der Waals surface area contributed by atoms with Gasteiger partial charge in [0.2, 0.25) is 0 Å². The fourth-order valence-corrected chi connectivity index (χ4v) is 1.30. The highest BCUT2D eigenvalue weighted by Gasteiger charge is 1.88. The number of fused-ring (bicyclic) bond motifs is 1. The number of para-hydroxylation sites is 2. The van der Waals surface area contributed by atoms with Crippen LogP contribution >= 0.6 is 0 Å². The van der Waals surface area contributed by atoms with Crippen LogP contribution in [0.5, 0.6) is 0 Å². The maximum atomic E-state index is 4.47. The summed E-state index contributed by atoms with van der Waals surface area (Å²) in [6, 6.07) is 7.80. The monoisotopic (exact) mass is 267 g/mol. The van der Waals surface area contributed by atoms with Gasteiger partial charge in [0.05, 0.1) is 23.6 Å². The van der Waals surface area contributed by atoms with Crippen LogP contribution in [0.15, 0.2) is 78.7 Å². The molecular formula is C14H13N5O. The molecule has 0 aliphatic carbocycles. The first-order valence-electron chi connectivity index (χ1n) is 5.87. The Hall–Kier alpha value is -3.02. The van der Waals surface area contributed by atoms with Crippen molar-refractivity contribution in [3.63, 3.8) is 0 Å². The van der Waals surface area contributed by atoms with Gasteiger partial charge in [-0.2, -0.15) is 0 Å². The van der Waals surface area contributed by atoms with E-state index in [1.807, 2.05) is 24.3 Å². The number of nitrogens with zero attached hydrogens (tertiary/aromatic N) is 4. The van der Waals surface area contributed by atoms with Crippen LogP contribution in [-0.4, -0.2) is 24.9 Å². The van der Waals surface area contributed by atoms with Crippen LogP contribution in [0.25, 0.3) is 11.0 Å². The van der Waals surface area contributed by atoms with E-state index in [-0.39, 0.29) is 0 Å². The molecule has 4 rings (SSSR count). The fourth-order valence-electron chi connectivity index (χ4n) is 1.30. The minimum Gasteiger partial charge on any atom is -0.452 e. The molecule has 0 spiro atoms. The largest absolute Gasteiger partial charge is 0.452 e. The van der Waals surface area contributed by atoms with E-state index in [9.17, 15) is 0 Å². The molecule has 6 heteroatoms. The molecule has 0 aliphatic heterocycles. The number of H-pyrrole nitrogens is 1. The molecule has 3 aromatic heterocycles. The molecule has 0 fully saturated rings. The van der Waals surface area contributed by atoms with Crippen molar-refractivity contribution in [2.45, 2.75) is 0 Å². The highest BCUT2D eigenvalue weighted by Crippen LogP contribution is 2.04. The van der Waals surface area contributed by atoms with Crippen LogP contribution < -0.4 is 0 Å². The first-order valence-corrected chi connectivity index (χ1v) is 5.87. The van der Waals surface area contributed by atoms with Gasteiger partial charge in [-0.3, -0.25) is 9.97 Å². The second kappa shape index (κ2) is 8.15. The van der Waals surface area contributed by atoms with Crippen molar-refractivity contribution in [3.8, 4) is 0 Å². The van der Waals surface area contributed by atoms with Gasteiger partial charge in [0.25, 0.3) is 0 Å². The van der Waals surface area contributed by atoms with Crippen LogP contribution in [0, 0.1) is 0 Å². The number of hydrogen-bond donors (Lipinski definition) is 1. The van der Waals surface area contributed by atoms with Crippen molar-refractivity contribution in [2.24, 2.45) is 0 Å². The number of imidazole rings is 1. The molecule has 0 radical (unpaired) electrons. The Labute approximate surface area is 115 Å². The maximum Gasteiger partial charge on any atom is 0.180 e. The third-order valence-electron chi connectivity index (χ3n) is 2.13. The van der Waals surface area contributed by atoms with Gasteiger partial charge in [0.1, 0.15) is 6.26 Å². The van der Waals surface area contributed by atoms with Crippen LogP contribution in [0.1, 0.15) is 0 Å². The smallest absolute Gasteiger partial charge is 0.180 e. The molecule has 0 saturated carbocycles. The Morgan fingerprint density at radius 3 is 1.95 bits per heavy atom. The van der Waals surface area contributed by atoms with Gasteiger partial charge in [-0.15, -0.1) is 0 Å². The van der Waals surface area contributed by atoms with Crippen molar-refractivity contribution in [3.05, 3.63) is 74.2 Å². The van der Waals surface area contributed by atoms with Crippen molar-refractivity contribution in [1.29, 1.82) is 0 Å². The molecule has 1 N–H and O–H groups in total. The number of rotatable bonds is 0. The van der Waals surface area contributed by atoms with E-state index in [0.29, 0.717) is 0 Å². The molecule has 0 unspecified atom stereocenters. The molecule has 6 nitrogen and oxygen atoms in total. The minimum absolute atomic E-state index is 0.949. The van der Waals surface area contributed by atoms with Gasteiger partial charge < -0.3 is 9.40 Å². The van der Waals surface area contributed by atoms with E-state index in [0.717, 1.165) is 11.0 Å². The van der Waals surface area contributed by atoms with E-state index in [1.54, 1.807) is 37.3 Å².